The Bertz CT molecular complexity index is 1220. The summed E-state index contributed by atoms with van der Waals surface area (Å²) in [5, 5.41) is 0. The van der Waals surface area contributed by atoms with Crippen molar-refractivity contribution in [2.45, 2.75) is 0 Å². The van der Waals surface area contributed by atoms with E-state index in [0.717, 1.165) is 10.0 Å². The number of carbonyl (C=O) groups is 2. The van der Waals surface area contributed by atoms with Crippen molar-refractivity contribution >= 4 is 45.4 Å². The summed E-state index contributed by atoms with van der Waals surface area (Å²) in [7, 11) is 1.32. The largest absolute Gasteiger partial charge is 0.465 e. The third-order valence-electron chi connectivity index (χ3n) is 4.70. The van der Waals surface area contributed by atoms with Crippen LogP contribution in [0, 0.1) is 5.82 Å². The van der Waals surface area contributed by atoms with Crippen LogP contribution in [0.2, 0.25) is 0 Å². The first-order valence-electron chi connectivity index (χ1n) is 9.31. The lowest BCUT2D eigenvalue weighted by Gasteiger charge is -2.19. The molecule has 0 saturated carbocycles. The highest BCUT2D eigenvalue weighted by Gasteiger charge is 2.33. The van der Waals surface area contributed by atoms with Crippen molar-refractivity contribution in [3.05, 3.63) is 105 Å². The third kappa shape index (κ3) is 4.18. The molecule has 7 heteroatoms. The van der Waals surface area contributed by atoms with Crippen LogP contribution in [0.5, 0.6) is 0 Å². The van der Waals surface area contributed by atoms with Crippen molar-refractivity contribution in [3.8, 4) is 0 Å². The number of nitrogens with zero attached hydrogens (tertiary/aromatic N) is 2. The number of hydrogen-bond donors (Lipinski definition) is 0. The van der Waals surface area contributed by atoms with E-state index >= 15 is 0 Å². The van der Waals surface area contributed by atoms with Gasteiger partial charge in [0.15, 0.2) is 0 Å². The Morgan fingerprint density at radius 1 is 1.03 bits per heavy atom. The second-order valence-corrected chi connectivity index (χ2v) is 7.53. The molecule has 3 aromatic rings. The van der Waals surface area contributed by atoms with Gasteiger partial charge in [0.05, 0.1) is 18.4 Å². The smallest absolute Gasteiger partial charge is 0.337 e. The average molecular weight is 479 g/mol. The van der Waals surface area contributed by atoms with E-state index in [2.05, 4.69) is 20.9 Å². The number of rotatable bonds is 4. The molecule has 1 aliphatic rings. The Kier molecular flexibility index (Phi) is 5.77. The molecule has 1 amide bonds. The second-order valence-electron chi connectivity index (χ2n) is 6.68. The lowest BCUT2D eigenvalue weighted by molar-refractivity contribution is -0.113. The van der Waals surface area contributed by atoms with Gasteiger partial charge in [0.25, 0.3) is 5.91 Å². The molecule has 5 nitrogen and oxygen atoms in total. The Hall–Kier alpha value is -3.58. The van der Waals surface area contributed by atoms with Crippen LogP contribution in [-0.4, -0.2) is 24.8 Å². The van der Waals surface area contributed by atoms with E-state index < -0.39 is 11.8 Å². The van der Waals surface area contributed by atoms with E-state index in [1.165, 1.54) is 36.3 Å². The monoisotopic (exact) mass is 478 g/mol. The van der Waals surface area contributed by atoms with Gasteiger partial charge in [-0.05, 0) is 54.1 Å². The lowest BCUT2D eigenvalue weighted by Crippen LogP contribution is -2.32. The first kappa shape index (κ1) is 20.7. The molecule has 3 aromatic carbocycles. The van der Waals surface area contributed by atoms with Crippen LogP contribution in [0.4, 0.5) is 10.1 Å². The van der Waals surface area contributed by atoms with Crippen LogP contribution in [0.1, 0.15) is 21.5 Å². The normalized spacial score (nSPS) is 14.7. The molecule has 0 aliphatic carbocycles. The number of amidine groups is 1. The van der Waals surface area contributed by atoms with Crippen LogP contribution in [0.25, 0.3) is 6.08 Å². The van der Waals surface area contributed by atoms with Crippen LogP contribution in [0.15, 0.2) is 88.0 Å². The van der Waals surface area contributed by atoms with Crippen molar-refractivity contribution in [2.24, 2.45) is 4.99 Å². The highest BCUT2D eigenvalue weighted by Crippen LogP contribution is 2.30. The Balaban J connectivity index is 1.78. The predicted octanol–water partition coefficient (Wildman–Crippen LogP) is 5.21. The Labute approximate surface area is 186 Å². The van der Waals surface area contributed by atoms with E-state index in [1.54, 1.807) is 30.3 Å². The van der Waals surface area contributed by atoms with E-state index in [4.69, 9.17) is 4.74 Å². The van der Waals surface area contributed by atoms with Gasteiger partial charge < -0.3 is 4.74 Å². The zero-order valence-electron chi connectivity index (χ0n) is 16.4. The Morgan fingerprint density at radius 2 is 1.71 bits per heavy atom. The summed E-state index contributed by atoms with van der Waals surface area (Å²) in [5.41, 5.74) is 2.57. The van der Waals surface area contributed by atoms with Gasteiger partial charge in [-0.1, -0.05) is 46.3 Å². The third-order valence-corrected chi connectivity index (χ3v) is 5.39. The molecule has 0 unspecified atom stereocenters. The highest BCUT2D eigenvalue weighted by molar-refractivity contribution is 9.10. The molecular formula is C24H16BrFN2O3. The summed E-state index contributed by atoms with van der Waals surface area (Å²) in [6, 6.07) is 19.8. The number of anilines is 1. The molecule has 0 radical (unpaired) electrons. The molecule has 0 spiro atoms. The van der Waals surface area contributed by atoms with Gasteiger partial charge in [0.1, 0.15) is 17.3 Å². The molecular weight excluding hydrogens is 463 g/mol. The molecule has 1 heterocycles. The first-order chi connectivity index (χ1) is 15.0. The summed E-state index contributed by atoms with van der Waals surface area (Å²) in [6.07, 6.45) is 1.64. The number of methoxy groups -OCH3 is 1. The SMILES string of the molecule is COC(=O)c1ccc(/C=C2/N=C(c3ccccc3Br)N(c3ccc(F)cc3)C2=O)cc1. The van der Waals surface area contributed by atoms with Crippen molar-refractivity contribution in [3.63, 3.8) is 0 Å². The van der Waals surface area contributed by atoms with Gasteiger partial charge in [-0.2, -0.15) is 0 Å². The van der Waals surface area contributed by atoms with Gasteiger partial charge in [-0.25, -0.2) is 14.2 Å². The fourth-order valence-corrected chi connectivity index (χ4v) is 3.62. The number of hydrogen-bond acceptors (Lipinski definition) is 4. The molecule has 0 bridgehead atoms. The summed E-state index contributed by atoms with van der Waals surface area (Å²) in [4.78, 5) is 30.9. The summed E-state index contributed by atoms with van der Waals surface area (Å²) < 4.78 is 18.9. The summed E-state index contributed by atoms with van der Waals surface area (Å²) in [5.74, 6) is -0.736. The van der Waals surface area contributed by atoms with Crippen molar-refractivity contribution in [1.29, 1.82) is 0 Å². The highest BCUT2D eigenvalue weighted by atomic mass is 79.9. The van der Waals surface area contributed by atoms with Crippen LogP contribution in [0.3, 0.4) is 0 Å². The minimum Gasteiger partial charge on any atom is -0.465 e. The molecule has 0 atom stereocenters. The number of amides is 1. The molecule has 1 aliphatic heterocycles. The molecule has 0 saturated heterocycles. The maximum atomic E-state index is 13.4. The second kappa shape index (κ2) is 8.65. The topological polar surface area (TPSA) is 59.0 Å². The molecule has 0 N–H and O–H groups in total. The summed E-state index contributed by atoms with van der Waals surface area (Å²) in [6.45, 7) is 0. The fourth-order valence-electron chi connectivity index (χ4n) is 3.16. The average Bonchev–Trinajstić information content (AvgIpc) is 3.10. The maximum absolute atomic E-state index is 13.4. The molecule has 31 heavy (non-hydrogen) atoms. The van der Waals surface area contributed by atoms with E-state index in [0.29, 0.717) is 22.6 Å². The molecule has 154 valence electrons. The zero-order chi connectivity index (χ0) is 22.0. The first-order valence-corrected chi connectivity index (χ1v) is 10.1. The van der Waals surface area contributed by atoms with Crippen LogP contribution in [-0.2, 0) is 9.53 Å². The zero-order valence-corrected chi connectivity index (χ0v) is 18.0. The van der Waals surface area contributed by atoms with Crippen molar-refractivity contribution in [1.82, 2.24) is 0 Å². The minimum absolute atomic E-state index is 0.223. The van der Waals surface area contributed by atoms with Gasteiger partial charge in [-0.15, -0.1) is 0 Å². The van der Waals surface area contributed by atoms with E-state index in [-0.39, 0.29) is 11.6 Å². The van der Waals surface area contributed by atoms with Crippen LogP contribution >= 0.6 is 15.9 Å². The predicted molar refractivity (Wildman–Crippen MR) is 120 cm³/mol. The summed E-state index contributed by atoms with van der Waals surface area (Å²) >= 11 is 3.51. The van der Waals surface area contributed by atoms with Gasteiger partial charge in [0.2, 0.25) is 0 Å². The quantitative estimate of drug-likeness (QED) is 0.382. The number of ether oxygens (including phenoxy) is 1. The Morgan fingerprint density at radius 3 is 2.35 bits per heavy atom. The van der Waals surface area contributed by atoms with E-state index in [1.807, 2.05) is 24.3 Å². The van der Waals surface area contributed by atoms with Gasteiger partial charge >= 0.3 is 5.97 Å². The van der Waals surface area contributed by atoms with Crippen molar-refractivity contribution < 1.29 is 18.7 Å². The maximum Gasteiger partial charge on any atom is 0.337 e. The molecule has 0 fully saturated rings. The lowest BCUT2D eigenvalue weighted by atomic mass is 10.1. The number of benzene rings is 3. The number of halogens is 2. The van der Waals surface area contributed by atoms with E-state index in [9.17, 15) is 14.0 Å². The fraction of sp³-hybridized carbons (Fsp3) is 0.0417. The number of esters is 1. The standard InChI is InChI=1S/C24H16BrFN2O3/c1-31-24(30)16-8-6-15(7-9-16)14-21-23(29)28(18-12-10-17(26)11-13-18)22(27-21)19-4-2-3-5-20(19)25/h2-14H,1H3/b21-14+. The van der Waals surface area contributed by atoms with Gasteiger partial charge in [-0.3, -0.25) is 9.69 Å². The molecule has 0 aromatic heterocycles. The van der Waals surface area contributed by atoms with Gasteiger partial charge in [0, 0.05) is 10.0 Å². The van der Waals surface area contributed by atoms with Crippen LogP contribution < -0.4 is 4.90 Å². The van der Waals surface area contributed by atoms with Crippen molar-refractivity contribution in [2.75, 3.05) is 12.0 Å². The number of carbonyl (C=O) groups excluding carboxylic acids is 2. The molecule has 4 rings (SSSR count). The minimum atomic E-state index is -0.437. The number of aliphatic imine (C=N–C) groups is 1.